The number of aromatic nitrogens is 5. The number of benzene rings is 2. The van der Waals surface area contributed by atoms with E-state index in [4.69, 9.17) is 9.47 Å². The summed E-state index contributed by atoms with van der Waals surface area (Å²) in [5, 5.41) is 18.1. The number of β-amino-alcohol motifs (C(OH)–C–C–N with tert-alkyl or cyclic N) is 1. The first-order chi connectivity index (χ1) is 18.1. The molecule has 10 heteroatoms. The molecule has 2 aromatic carbocycles. The van der Waals surface area contributed by atoms with Gasteiger partial charge in [0, 0.05) is 43.0 Å². The van der Waals surface area contributed by atoms with Crippen molar-refractivity contribution in [1.29, 1.82) is 0 Å². The third-order valence-corrected chi connectivity index (χ3v) is 6.45. The number of anilines is 2. The summed E-state index contributed by atoms with van der Waals surface area (Å²) in [6.45, 7) is 4.96. The van der Waals surface area contributed by atoms with Gasteiger partial charge in [-0.2, -0.15) is 5.10 Å². The molecule has 10 nitrogen and oxygen atoms in total. The van der Waals surface area contributed by atoms with Crippen LogP contribution >= 0.6 is 0 Å². The molecule has 0 unspecified atom stereocenters. The number of hydrogen-bond acceptors (Lipinski definition) is 9. The van der Waals surface area contributed by atoms with Crippen molar-refractivity contribution < 1.29 is 14.6 Å². The van der Waals surface area contributed by atoms with Crippen molar-refractivity contribution in [1.82, 2.24) is 29.5 Å². The van der Waals surface area contributed by atoms with Gasteiger partial charge < -0.3 is 19.9 Å². The third kappa shape index (κ3) is 5.16. The van der Waals surface area contributed by atoms with E-state index < -0.39 is 0 Å². The lowest BCUT2D eigenvalue weighted by molar-refractivity contribution is 0.167. The first-order valence-corrected chi connectivity index (χ1v) is 12.2. The SMILES string of the molecule is Cc1cc(Nc2ncnc3ccc(OCCN4CC[C@H](O)C4)cc23)ccc1Oc1ccn2ncnc2c1. The second-order valence-electron chi connectivity index (χ2n) is 9.13. The summed E-state index contributed by atoms with van der Waals surface area (Å²) in [5.74, 6) is 2.90. The van der Waals surface area contributed by atoms with Crippen LogP contribution in [0.4, 0.5) is 11.5 Å². The number of pyridine rings is 1. The first-order valence-electron chi connectivity index (χ1n) is 12.2. The minimum Gasteiger partial charge on any atom is -0.492 e. The Morgan fingerprint density at radius 2 is 1.97 bits per heavy atom. The number of ether oxygens (including phenoxy) is 2. The van der Waals surface area contributed by atoms with Crippen LogP contribution < -0.4 is 14.8 Å². The van der Waals surface area contributed by atoms with Crippen LogP contribution in [0.1, 0.15) is 12.0 Å². The largest absolute Gasteiger partial charge is 0.492 e. The fraction of sp³-hybridized carbons (Fsp3) is 0.259. The maximum atomic E-state index is 9.70. The highest BCUT2D eigenvalue weighted by atomic mass is 16.5. The van der Waals surface area contributed by atoms with E-state index >= 15 is 0 Å². The quantitative estimate of drug-likeness (QED) is 0.329. The van der Waals surface area contributed by atoms with Gasteiger partial charge in [0.1, 0.15) is 42.3 Å². The lowest BCUT2D eigenvalue weighted by Gasteiger charge is -2.16. The Kier molecular flexibility index (Phi) is 6.25. The summed E-state index contributed by atoms with van der Waals surface area (Å²) < 4.78 is 13.8. The van der Waals surface area contributed by atoms with E-state index in [2.05, 4.69) is 30.3 Å². The van der Waals surface area contributed by atoms with E-state index in [-0.39, 0.29) is 6.10 Å². The zero-order valence-electron chi connectivity index (χ0n) is 20.4. The molecule has 1 saturated heterocycles. The highest BCUT2D eigenvalue weighted by Crippen LogP contribution is 2.31. The van der Waals surface area contributed by atoms with Gasteiger partial charge in [-0.3, -0.25) is 4.90 Å². The molecule has 0 radical (unpaired) electrons. The fourth-order valence-corrected chi connectivity index (χ4v) is 4.50. The van der Waals surface area contributed by atoms with Crippen molar-refractivity contribution >= 4 is 28.1 Å². The van der Waals surface area contributed by atoms with E-state index in [0.717, 1.165) is 58.8 Å². The van der Waals surface area contributed by atoms with Gasteiger partial charge in [0.05, 0.1) is 11.6 Å². The molecule has 1 atom stereocenters. The van der Waals surface area contributed by atoms with Crippen molar-refractivity contribution in [3.05, 3.63) is 72.9 Å². The topological polar surface area (TPSA) is 110 Å². The zero-order chi connectivity index (χ0) is 25.2. The summed E-state index contributed by atoms with van der Waals surface area (Å²) in [5.41, 5.74) is 3.41. The number of rotatable bonds is 8. The molecule has 0 saturated carbocycles. The van der Waals surface area contributed by atoms with Crippen LogP contribution in [0, 0.1) is 6.92 Å². The Labute approximate surface area is 213 Å². The molecule has 6 rings (SSSR count). The highest BCUT2D eigenvalue weighted by Gasteiger charge is 2.19. The summed E-state index contributed by atoms with van der Waals surface area (Å²) in [6.07, 6.45) is 5.48. The number of aryl methyl sites for hydroxylation is 1. The summed E-state index contributed by atoms with van der Waals surface area (Å²) in [7, 11) is 0. The molecule has 0 aliphatic carbocycles. The average Bonchev–Trinajstić information content (AvgIpc) is 3.54. The number of fused-ring (bicyclic) bond motifs is 2. The molecule has 2 N–H and O–H groups in total. The Balaban J connectivity index is 1.16. The Morgan fingerprint density at radius 3 is 2.84 bits per heavy atom. The molecule has 1 aliphatic rings. The maximum absolute atomic E-state index is 9.70. The summed E-state index contributed by atoms with van der Waals surface area (Å²) in [4.78, 5) is 15.3. The summed E-state index contributed by atoms with van der Waals surface area (Å²) >= 11 is 0. The molecule has 0 amide bonds. The first kappa shape index (κ1) is 23.1. The minimum absolute atomic E-state index is 0.222. The normalized spacial score (nSPS) is 15.9. The highest BCUT2D eigenvalue weighted by molar-refractivity contribution is 5.91. The molecule has 4 heterocycles. The van der Waals surface area contributed by atoms with E-state index in [0.29, 0.717) is 24.7 Å². The number of nitrogens with zero attached hydrogens (tertiary/aromatic N) is 6. The molecule has 3 aromatic heterocycles. The minimum atomic E-state index is -0.222. The Bertz CT molecular complexity index is 1550. The van der Waals surface area contributed by atoms with Crippen LogP contribution in [-0.2, 0) is 0 Å². The molecule has 1 aliphatic heterocycles. The van der Waals surface area contributed by atoms with Gasteiger partial charge in [-0.05, 0) is 61.4 Å². The van der Waals surface area contributed by atoms with Crippen LogP contribution in [0.5, 0.6) is 17.2 Å². The molecule has 0 spiro atoms. The van der Waals surface area contributed by atoms with Gasteiger partial charge in [-0.1, -0.05) is 0 Å². The fourth-order valence-electron chi connectivity index (χ4n) is 4.50. The zero-order valence-corrected chi connectivity index (χ0v) is 20.4. The van der Waals surface area contributed by atoms with Gasteiger partial charge in [0.2, 0.25) is 0 Å². The molecular formula is C27H27N7O3. The van der Waals surface area contributed by atoms with Crippen LogP contribution in [-0.4, -0.2) is 66.9 Å². The number of nitrogens with one attached hydrogen (secondary N) is 1. The van der Waals surface area contributed by atoms with Crippen molar-refractivity contribution in [2.45, 2.75) is 19.4 Å². The van der Waals surface area contributed by atoms with Gasteiger partial charge in [-0.15, -0.1) is 0 Å². The van der Waals surface area contributed by atoms with E-state index in [1.165, 1.54) is 6.33 Å². The van der Waals surface area contributed by atoms with E-state index in [1.807, 2.05) is 61.7 Å². The second kappa shape index (κ2) is 10.00. The van der Waals surface area contributed by atoms with Crippen LogP contribution in [0.15, 0.2) is 67.4 Å². The van der Waals surface area contributed by atoms with Crippen LogP contribution in [0.3, 0.4) is 0 Å². The number of aliphatic hydroxyl groups excluding tert-OH is 1. The Hall–Kier alpha value is -4.28. The van der Waals surface area contributed by atoms with Crippen molar-refractivity contribution in [3.8, 4) is 17.2 Å². The van der Waals surface area contributed by atoms with Crippen molar-refractivity contribution in [2.75, 3.05) is 31.6 Å². The average molecular weight is 498 g/mol. The lowest BCUT2D eigenvalue weighted by atomic mass is 10.2. The monoisotopic (exact) mass is 497 g/mol. The maximum Gasteiger partial charge on any atom is 0.158 e. The van der Waals surface area contributed by atoms with E-state index in [1.54, 1.807) is 10.8 Å². The smallest absolute Gasteiger partial charge is 0.158 e. The van der Waals surface area contributed by atoms with Crippen LogP contribution in [0.25, 0.3) is 16.6 Å². The van der Waals surface area contributed by atoms with Crippen molar-refractivity contribution in [3.63, 3.8) is 0 Å². The van der Waals surface area contributed by atoms with Gasteiger partial charge >= 0.3 is 0 Å². The number of likely N-dealkylation sites (tertiary alicyclic amines) is 1. The molecule has 5 aromatic rings. The Morgan fingerprint density at radius 1 is 1.03 bits per heavy atom. The van der Waals surface area contributed by atoms with E-state index in [9.17, 15) is 5.11 Å². The van der Waals surface area contributed by atoms with Gasteiger partial charge in [0.25, 0.3) is 0 Å². The van der Waals surface area contributed by atoms with Crippen LogP contribution in [0.2, 0.25) is 0 Å². The standard InChI is InChI=1S/C27H27N7O3/c1-18-12-19(2-5-25(18)37-22-7-9-34-26(14-22)29-17-31-34)32-27-23-13-21(3-4-24(23)28-16-30-27)36-11-10-33-8-6-20(35)15-33/h2-5,7,9,12-14,16-17,20,35H,6,8,10-11,15H2,1H3,(H,28,30,32)/t20-/m0/s1. The number of aliphatic hydroxyl groups is 1. The van der Waals surface area contributed by atoms with Gasteiger partial charge in [0.15, 0.2) is 5.65 Å². The molecule has 0 bridgehead atoms. The van der Waals surface area contributed by atoms with Gasteiger partial charge in [-0.25, -0.2) is 19.5 Å². The molecule has 188 valence electrons. The molecule has 1 fully saturated rings. The summed E-state index contributed by atoms with van der Waals surface area (Å²) in [6, 6.07) is 15.4. The predicted molar refractivity (Wildman–Crippen MR) is 140 cm³/mol. The molecular weight excluding hydrogens is 470 g/mol. The van der Waals surface area contributed by atoms with Crippen molar-refractivity contribution in [2.24, 2.45) is 0 Å². The second-order valence-corrected chi connectivity index (χ2v) is 9.13. The third-order valence-electron chi connectivity index (χ3n) is 6.45. The lowest BCUT2D eigenvalue weighted by Crippen LogP contribution is -2.27. The number of hydrogen-bond donors (Lipinski definition) is 2. The predicted octanol–water partition coefficient (Wildman–Crippen LogP) is 3.96. The molecule has 37 heavy (non-hydrogen) atoms.